The smallest absolute Gasteiger partial charge is 0.147 e. The van der Waals surface area contributed by atoms with Gasteiger partial charge in [0.05, 0.1) is 22.1 Å². The van der Waals surface area contributed by atoms with Gasteiger partial charge in [-0.1, -0.05) is 35.3 Å². The van der Waals surface area contributed by atoms with E-state index in [0.29, 0.717) is 23.3 Å². The van der Waals surface area contributed by atoms with Crippen molar-refractivity contribution >= 4 is 45.3 Å². The van der Waals surface area contributed by atoms with E-state index in [0.717, 1.165) is 59.1 Å². The normalized spacial score (nSPS) is 17.7. The Balaban J connectivity index is 0.000000177. The number of ether oxygens (including phenoxy) is 2. The summed E-state index contributed by atoms with van der Waals surface area (Å²) < 4.78 is 16.7. The number of nitrogens with zero attached hydrogens (tertiary/aromatic N) is 6. The minimum Gasteiger partial charge on any atom is -0.486 e. The number of hydrogen-bond donors (Lipinski definition) is 0. The van der Waals surface area contributed by atoms with Crippen molar-refractivity contribution in [2.75, 3.05) is 40.3 Å². The minimum atomic E-state index is 0.460. The van der Waals surface area contributed by atoms with Gasteiger partial charge in [-0.05, 0) is 188 Å². The summed E-state index contributed by atoms with van der Waals surface area (Å²) in [7, 11) is 4.48. The molecule has 0 aliphatic carbocycles. The number of halogens is 2. The molecule has 0 bridgehead atoms. The monoisotopic (exact) mass is 822 g/mol. The first kappa shape index (κ1) is 42.1. The lowest BCUT2D eigenvalue weighted by atomic mass is 9.94. The Hall–Kier alpha value is -4.08. The first-order valence-corrected chi connectivity index (χ1v) is 22.0. The Morgan fingerprint density at radius 2 is 1.07 bits per heavy atom. The first-order chi connectivity index (χ1) is 28.2. The van der Waals surface area contributed by atoms with E-state index in [-0.39, 0.29) is 0 Å². The zero-order valence-corrected chi connectivity index (χ0v) is 36.3. The predicted octanol–water partition coefficient (Wildman–Crippen LogP) is 11.4. The molecule has 2 aliphatic rings. The summed E-state index contributed by atoms with van der Waals surface area (Å²) in [5.74, 6) is 5.24. The maximum atomic E-state index is 6.01. The molecule has 8 nitrogen and oxygen atoms in total. The number of hydrogen-bond acceptors (Lipinski definition) is 6. The van der Waals surface area contributed by atoms with Crippen molar-refractivity contribution < 1.29 is 9.47 Å². The molecule has 4 aromatic carbocycles. The molecule has 0 radical (unpaired) electrons. The van der Waals surface area contributed by atoms with Crippen molar-refractivity contribution in [3.05, 3.63) is 118 Å². The van der Waals surface area contributed by atoms with Crippen LogP contribution in [0.5, 0.6) is 11.5 Å². The zero-order chi connectivity index (χ0) is 40.4. The van der Waals surface area contributed by atoms with Gasteiger partial charge in [0.25, 0.3) is 0 Å². The zero-order valence-electron chi connectivity index (χ0n) is 34.8. The molecule has 2 aromatic heterocycles. The Morgan fingerprint density at radius 3 is 1.60 bits per heavy atom. The van der Waals surface area contributed by atoms with Gasteiger partial charge in [0, 0.05) is 36.2 Å². The topological polar surface area (TPSA) is 60.6 Å². The first-order valence-electron chi connectivity index (χ1n) is 21.2. The van der Waals surface area contributed by atoms with E-state index in [1.807, 2.05) is 48.5 Å². The fraction of sp³-hybridized carbons (Fsp3) is 0.458. The second kappa shape index (κ2) is 20.3. The summed E-state index contributed by atoms with van der Waals surface area (Å²) in [6.07, 6.45) is 10.3. The van der Waals surface area contributed by atoms with Gasteiger partial charge < -0.3 is 28.4 Å². The lowest BCUT2D eigenvalue weighted by molar-refractivity contribution is 0.198. The lowest BCUT2D eigenvalue weighted by Crippen LogP contribution is -2.32. The van der Waals surface area contributed by atoms with Gasteiger partial charge in [-0.3, -0.25) is 0 Å². The van der Waals surface area contributed by atoms with Crippen LogP contribution in [-0.4, -0.2) is 69.2 Å². The molecule has 4 heterocycles. The number of likely N-dealkylation sites (tertiary alicyclic amines) is 2. The third kappa shape index (κ3) is 11.6. The van der Waals surface area contributed by atoms with Crippen molar-refractivity contribution in [3.63, 3.8) is 0 Å². The van der Waals surface area contributed by atoms with Crippen LogP contribution in [0.3, 0.4) is 0 Å². The second-order valence-electron chi connectivity index (χ2n) is 16.7. The number of imidazole rings is 2. The molecular formula is C48H60Cl2N6O2. The number of rotatable bonds is 14. The van der Waals surface area contributed by atoms with Gasteiger partial charge in [-0.15, -0.1) is 0 Å². The molecule has 2 atom stereocenters. The summed E-state index contributed by atoms with van der Waals surface area (Å²) >= 11 is 12.0. The number of piperidine rings is 2. The summed E-state index contributed by atoms with van der Waals surface area (Å²) in [4.78, 5) is 14.7. The molecule has 2 aliphatic heterocycles. The van der Waals surface area contributed by atoms with Crippen molar-refractivity contribution in [2.45, 2.75) is 91.5 Å². The van der Waals surface area contributed by atoms with Gasteiger partial charge in [-0.25, -0.2) is 9.97 Å². The Labute approximate surface area is 355 Å². The summed E-state index contributed by atoms with van der Waals surface area (Å²) in [6, 6.07) is 28.0. The Morgan fingerprint density at radius 1 is 0.586 bits per heavy atom. The van der Waals surface area contributed by atoms with Crippen LogP contribution in [0.2, 0.25) is 10.0 Å². The molecule has 58 heavy (non-hydrogen) atoms. The van der Waals surface area contributed by atoms with E-state index < -0.39 is 0 Å². The van der Waals surface area contributed by atoms with Gasteiger partial charge in [0.15, 0.2) is 0 Å². The molecule has 0 amide bonds. The van der Waals surface area contributed by atoms with E-state index in [4.69, 9.17) is 42.6 Å². The van der Waals surface area contributed by atoms with Gasteiger partial charge in [0.2, 0.25) is 0 Å². The molecule has 10 heteroatoms. The van der Waals surface area contributed by atoms with Crippen molar-refractivity contribution in [1.29, 1.82) is 0 Å². The number of aromatic nitrogens is 4. The SMILES string of the molecule is Cc1ccc2c(c1)nc(COc1ccc(Cl)cc1)n2CCCC1CCCN(C)C1.Cc1ccc2nc(COc3ccc(Cl)cc3)n(CCCC3CCCN(C)C3)c2c1. The standard InChI is InChI=1S/2C24H30ClN3O/c1-18-7-12-23-22(15-18)26-24(17-29-21-10-8-20(25)9-11-21)28(23)14-4-6-19-5-3-13-27(2)16-19;1-18-7-12-22-23(15-18)28(14-4-6-19-5-3-13-27(2)16-19)24(26-22)17-29-21-10-8-20(25)9-11-21/h2*7-12,15,19H,3-6,13-14,16-17H2,1-2H3. The van der Waals surface area contributed by atoms with Crippen LogP contribution in [0, 0.1) is 25.7 Å². The molecule has 6 aromatic rings. The number of benzene rings is 4. The van der Waals surface area contributed by atoms with Crippen molar-refractivity contribution in [3.8, 4) is 11.5 Å². The highest BCUT2D eigenvalue weighted by Gasteiger charge is 2.19. The minimum absolute atomic E-state index is 0.460. The van der Waals surface area contributed by atoms with Crippen LogP contribution in [0.1, 0.15) is 74.1 Å². The fourth-order valence-electron chi connectivity index (χ4n) is 8.74. The van der Waals surface area contributed by atoms with E-state index >= 15 is 0 Å². The molecule has 0 saturated carbocycles. The molecule has 8 rings (SSSR count). The average molecular weight is 824 g/mol. The fourth-order valence-corrected chi connectivity index (χ4v) is 8.99. The molecule has 2 fully saturated rings. The predicted molar refractivity (Wildman–Crippen MR) is 239 cm³/mol. The summed E-state index contributed by atoms with van der Waals surface area (Å²) in [6.45, 7) is 12.1. The van der Waals surface area contributed by atoms with E-state index in [2.05, 4.69) is 83.3 Å². The summed E-state index contributed by atoms with van der Waals surface area (Å²) in [5.41, 5.74) is 7.00. The van der Waals surface area contributed by atoms with Crippen molar-refractivity contribution in [2.24, 2.45) is 11.8 Å². The highest BCUT2D eigenvalue weighted by Crippen LogP contribution is 2.26. The molecule has 0 N–H and O–H groups in total. The van der Waals surface area contributed by atoms with Crippen LogP contribution in [0.4, 0.5) is 0 Å². The van der Waals surface area contributed by atoms with E-state index in [9.17, 15) is 0 Å². The van der Waals surface area contributed by atoms with Crippen LogP contribution >= 0.6 is 23.2 Å². The third-order valence-electron chi connectivity index (χ3n) is 11.8. The van der Waals surface area contributed by atoms with E-state index in [1.54, 1.807) is 0 Å². The maximum Gasteiger partial charge on any atom is 0.147 e. The highest BCUT2D eigenvalue weighted by molar-refractivity contribution is 6.30. The molecule has 0 spiro atoms. The molecule has 2 unspecified atom stereocenters. The number of fused-ring (bicyclic) bond motifs is 2. The highest BCUT2D eigenvalue weighted by atomic mass is 35.5. The van der Waals surface area contributed by atoms with Crippen LogP contribution in [0.15, 0.2) is 84.9 Å². The summed E-state index contributed by atoms with van der Waals surface area (Å²) in [5, 5.41) is 1.43. The van der Waals surface area contributed by atoms with Gasteiger partial charge in [0.1, 0.15) is 36.4 Å². The maximum absolute atomic E-state index is 6.01. The lowest BCUT2D eigenvalue weighted by Gasteiger charge is -2.29. The average Bonchev–Trinajstić information content (AvgIpc) is 3.73. The van der Waals surface area contributed by atoms with Crippen LogP contribution < -0.4 is 9.47 Å². The second-order valence-corrected chi connectivity index (χ2v) is 17.5. The van der Waals surface area contributed by atoms with E-state index in [1.165, 1.54) is 99.7 Å². The number of aryl methyl sites for hydroxylation is 4. The largest absolute Gasteiger partial charge is 0.486 e. The van der Waals surface area contributed by atoms with Crippen molar-refractivity contribution in [1.82, 2.24) is 28.9 Å². The molecule has 2 saturated heterocycles. The Bertz CT molecular complexity index is 2170. The van der Waals surface area contributed by atoms with Gasteiger partial charge in [-0.2, -0.15) is 0 Å². The van der Waals surface area contributed by atoms with Crippen LogP contribution in [-0.2, 0) is 26.3 Å². The Kier molecular flexibility index (Phi) is 14.7. The molecular weight excluding hydrogens is 763 g/mol. The quantitative estimate of drug-likeness (QED) is 0.109. The van der Waals surface area contributed by atoms with Gasteiger partial charge >= 0.3 is 0 Å². The third-order valence-corrected chi connectivity index (χ3v) is 12.3. The molecule has 308 valence electrons. The van der Waals surface area contributed by atoms with Crippen LogP contribution in [0.25, 0.3) is 22.1 Å².